The number of aliphatic imine (C=N–C) groups is 1. The quantitative estimate of drug-likeness (QED) is 0.0924. The van der Waals surface area contributed by atoms with E-state index in [9.17, 15) is 31.5 Å². The van der Waals surface area contributed by atoms with E-state index in [1.54, 1.807) is 24.3 Å². The van der Waals surface area contributed by atoms with Gasteiger partial charge in [0.15, 0.2) is 11.0 Å². The molecule has 1 saturated heterocycles. The summed E-state index contributed by atoms with van der Waals surface area (Å²) >= 11 is 1.47. The predicted molar refractivity (Wildman–Crippen MR) is 176 cm³/mol. The van der Waals surface area contributed by atoms with Gasteiger partial charge in [0.2, 0.25) is 5.82 Å². The highest BCUT2D eigenvalue weighted by molar-refractivity contribution is 8.14. The summed E-state index contributed by atoms with van der Waals surface area (Å²) in [6.45, 7) is 4.15. The van der Waals surface area contributed by atoms with Gasteiger partial charge in [-0.3, -0.25) is 4.90 Å². The fourth-order valence-corrected chi connectivity index (χ4v) is 6.15. The number of urea groups is 1. The number of rotatable bonds is 7. The number of hydrazone groups is 1. The highest BCUT2D eigenvalue weighted by atomic mass is 32.2. The minimum atomic E-state index is -5.91. The molecule has 0 radical (unpaired) electrons. The van der Waals surface area contributed by atoms with Gasteiger partial charge in [-0.1, -0.05) is 61.2 Å². The Kier molecular flexibility index (Phi) is 9.17. The molecule has 0 saturated carbocycles. The number of fused-ring (bicyclic) bond motifs is 3. The zero-order valence-corrected chi connectivity index (χ0v) is 27.2. The number of carbonyl (C=O) groups excluding carboxylic acids is 2. The average molecular weight is 712 g/mol. The molecular weight excluding hydrogens is 685 g/mol. The van der Waals surface area contributed by atoms with Crippen molar-refractivity contribution >= 4 is 40.8 Å². The van der Waals surface area contributed by atoms with Gasteiger partial charge in [-0.25, -0.2) is 24.7 Å². The number of thioether (sulfide) groups is 1. The number of amides is 2. The Morgan fingerprint density at radius 2 is 1.76 bits per heavy atom. The number of ether oxygens (including phenoxy) is 2. The number of carbonyl (C=O) groups is 2. The maximum Gasteiger partial charge on any atom is 0.499 e. The van der Waals surface area contributed by atoms with Crippen LogP contribution in [0.1, 0.15) is 40.2 Å². The molecule has 258 valence electrons. The monoisotopic (exact) mass is 711 g/mol. The number of aryl methyl sites for hydroxylation is 1. The molecule has 17 heteroatoms. The van der Waals surface area contributed by atoms with Crippen LogP contribution in [0.25, 0.3) is 17.1 Å². The van der Waals surface area contributed by atoms with E-state index in [1.165, 1.54) is 18.0 Å². The number of nitrogens with zero attached hydrogens (tertiary/aromatic N) is 6. The van der Waals surface area contributed by atoms with E-state index in [-0.39, 0.29) is 23.3 Å². The van der Waals surface area contributed by atoms with E-state index in [2.05, 4.69) is 61.5 Å². The number of amidine groups is 1. The highest BCUT2D eigenvalue weighted by Gasteiger charge is 2.61. The Balaban J connectivity index is 1.14. The van der Waals surface area contributed by atoms with Crippen molar-refractivity contribution in [3.8, 4) is 22.8 Å². The Hall–Kier alpha value is -5.58. The summed E-state index contributed by atoms with van der Waals surface area (Å²) in [5, 5.41) is 8.86. The first-order valence-electron chi connectivity index (χ1n) is 14.8. The minimum absolute atomic E-state index is 0.0771. The number of nitrogens with one attached hydrogen (secondary N) is 1. The minimum Gasteiger partial charge on any atom is -0.463 e. The molecule has 50 heavy (non-hydrogen) atoms. The van der Waals surface area contributed by atoms with Crippen molar-refractivity contribution < 1.29 is 41.0 Å². The van der Waals surface area contributed by atoms with E-state index < -0.39 is 30.0 Å². The Bertz CT molecular complexity index is 2040. The maximum absolute atomic E-state index is 13.3. The van der Waals surface area contributed by atoms with Gasteiger partial charge in [0, 0.05) is 22.9 Å². The SMILES string of the molecule is COC(=O)c1nc(-c2ccc(/C=N/NC(=O)/N=C3\SCC4=CC(C)c5ccc(C)cc5N43)cc2)nn1-c1ccc(OC(F)(F)C(F)(F)F)cc1. The Morgan fingerprint density at radius 1 is 1.04 bits per heavy atom. The lowest BCUT2D eigenvalue weighted by atomic mass is 9.93. The molecule has 1 unspecified atom stereocenters. The van der Waals surface area contributed by atoms with E-state index in [0.717, 1.165) is 58.6 Å². The fraction of sp³-hybridized carbons (Fsp3) is 0.212. The molecule has 3 heterocycles. The smallest absolute Gasteiger partial charge is 0.463 e. The molecular formula is C33H26F5N7O4S. The van der Waals surface area contributed by atoms with Gasteiger partial charge in [0.1, 0.15) is 5.75 Å². The summed E-state index contributed by atoms with van der Waals surface area (Å²) in [5.74, 6) is -0.910. The number of halogens is 5. The number of benzene rings is 3. The second-order valence-corrected chi connectivity index (χ2v) is 12.0. The second kappa shape index (κ2) is 13.4. The van der Waals surface area contributed by atoms with Crippen molar-refractivity contribution in [3.05, 3.63) is 101 Å². The average Bonchev–Trinajstić information content (AvgIpc) is 3.69. The van der Waals surface area contributed by atoms with Gasteiger partial charge >= 0.3 is 24.3 Å². The van der Waals surface area contributed by atoms with E-state index in [0.29, 0.717) is 22.0 Å². The number of hydrogen-bond donors (Lipinski definition) is 1. The molecule has 0 spiro atoms. The Morgan fingerprint density at radius 3 is 2.44 bits per heavy atom. The largest absolute Gasteiger partial charge is 0.499 e. The first kappa shape index (κ1) is 34.3. The molecule has 1 aromatic heterocycles. The lowest BCUT2D eigenvalue weighted by molar-refractivity contribution is -0.360. The van der Waals surface area contributed by atoms with Gasteiger partial charge in [-0.05, 0) is 53.9 Å². The molecule has 0 bridgehead atoms. The third-order valence-corrected chi connectivity index (χ3v) is 8.53. The van der Waals surface area contributed by atoms with Crippen molar-refractivity contribution in [1.82, 2.24) is 20.2 Å². The second-order valence-electron chi connectivity index (χ2n) is 11.1. The van der Waals surface area contributed by atoms with Crippen LogP contribution in [0.15, 0.2) is 88.6 Å². The molecule has 2 amide bonds. The van der Waals surface area contributed by atoms with Crippen LogP contribution < -0.4 is 15.1 Å². The van der Waals surface area contributed by atoms with E-state index >= 15 is 0 Å². The van der Waals surface area contributed by atoms with E-state index in [1.807, 2.05) is 11.8 Å². The van der Waals surface area contributed by atoms with Gasteiger partial charge in [0.05, 0.1) is 24.7 Å². The van der Waals surface area contributed by atoms with Crippen LogP contribution in [0, 0.1) is 6.92 Å². The molecule has 1 N–H and O–H groups in total. The number of hydrogen-bond acceptors (Lipinski definition) is 8. The molecule has 4 aromatic rings. The summed E-state index contributed by atoms with van der Waals surface area (Å²) < 4.78 is 73.8. The van der Waals surface area contributed by atoms with E-state index in [4.69, 9.17) is 4.74 Å². The van der Waals surface area contributed by atoms with Crippen LogP contribution in [0.2, 0.25) is 0 Å². The van der Waals surface area contributed by atoms with Crippen LogP contribution in [0.4, 0.5) is 32.4 Å². The summed E-state index contributed by atoms with van der Waals surface area (Å²) in [4.78, 5) is 35.6. The lowest BCUT2D eigenvalue weighted by Crippen LogP contribution is -2.41. The van der Waals surface area contributed by atoms with Crippen molar-refractivity contribution in [2.45, 2.75) is 32.1 Å². The van der Waals surface area contributed by atoms with Gasteiger partial charge in [-0.2, -0.15) is 32.0 Å². The standard InChI is InChI=1S/C33H26F5N7O4S/c1-18-4-13-25-19(2)15-23-17-50-31(44(23)26(25)14-18)41-30(47)42-39-16-20-5-7-21(8-6-20)27-40-28(29(46)48-3)45(43-27)22-9-11-24(12-10-22)49-33(37,38)32(34,35)36/h4-16,19H,17H2,1-3H3,(H,42,47)/b39-16+,41-31-. The van der Waals surface area contributed by atoms with Gasteiger partial charge in [0.25, 0.3) is 0 Å². The van der Waals surface area contributed by atoms with Crippen molar-refractivity contribution in [3.63, 3.8) is 0 Å². The molecule has 6 rings (SSSR count). The first-order valence-corrected chi connectivity index (χ1v) is 15.8. The molecule has 2 aliphatic heterocycles. The zero-order chi connectivity index (χ0) is 35.8. The number of esters is 1. The van der Waals surface area contributed by atoms with Crippen LogP contribution in [-0.4, -0.2) is 63.3 Å². The summed E-state index contributed by atoms with van der Waals surface area (Å²) in [5.41, 5.74) is 7.91. The number of aromatic nitrogens is 3. The van der Waals surface area contributed by atoms with Gasteiger partial charge in [-0.15, -0.1) is 5.10 Å². The molecule has 11 nitrogen and oxygen atoms in total. The zero-order valence-electron chi connectivity index (χ0n) is 26.4. The molecule has 2 aliphatic rings. The van der Waals surface area contributed by atoms with Crippen LogP contribution in [-0.2, 0) is 4.74 Å². The fourth-order valence-electron chi connectivity index (χ4n) is 5.16. The summed E-state index contributed by atoms with van der Waals surface area (Å²) in [7, 11) is 1.12. The third-order valence-electron chi connectivity index (χ3n) is 7.56. The van der Waals surface area contributed by atoms with Crippen LogP contribution in [0.5, 0.6) is 5.75 Å². The molecule has 0 aliphatic carbocycles. The molecule has 3 aromatic carbocycles. The first-order chi connectivity index (χ1) is 23.7. The predicted octanol–water partition coefficient (Wildman–Crippen LogP) is 7.22. The van der Waals surface area contributed by atoms with Crippen LogP contribution in [0.3, 0.4) is 0 Å². The normalized spacial score (nSPS) is 16.6. The third kappa shape index (κ3) is 6.94. The maximum atomic E-state index is 13.3. The van der Waals surface area contributed by atoms with Crippen LogP contribution >= 0.6 is 11.8 Å². The molecule has 1 fully saturated rings. The molecule has 1 atom stereocenters. The van der Waals surface area contributed by atoms with Crippen molar-refractivity contribution in [2.24, 2.45) is 10.1 Å². The summed E-state index contributed by atoms with van der Waals surface area (Å²) in [6.07, 6.45) is -7.73. The van der Waals surface area contributed by atoms with Crippen molar-refractivity contribution in [1.29, 1.82) is 0 Å². The Labute approximate surface area is 285 Å². The van der Waals surface area contributed by atoms with Gasteiger partial charge < -0.3 is 9.47 Å². The summed E-state index contributed by atoms with van der Waals surface area (Å²) in [6, 6.07) is 16.1. The lowest BCUT2D eigenvalue weighted by Gasteiger charge is -2.30. The number of anilines is 1. The highest BCUT2D eigenvalue weighted by Crippen LogP contribution is 2.43. The number of allylic oxidation sites excluding steroid dienone is 1. The topological polar surface area (TPSA) is 123 Å². The number of alkyl halides is 5. The van der Waals surface area contributed by atoms with Crippen molar-refractivity contribution in [2.75, 3.05) is 17.8 Å². The number of methoxy groups -OCH3 is 1.